The standard InChI is InChI=1S/C25H28Cl2N2O4/c26-20-7-4-8-21(27)23(20)24(31)29-11-9-25(10-12-29,18-33-19-5-2-1-3-6-19)17-22(30)28-13-15-32-16-14-28/h1-8H,9-18H2. The molecule has 0 atom stereocenters. The maximum Gasteiger partial charge on any atom is 0.256 e. The number of benzene rings is 2. The second kappa shape index (κ2) is 10.8. The monoisotopic (exact) mass is 490 g/mol. The third-order valence-electron chi connectivity index (χ3n) is 6.47. The van der Waals surface area contributed by atoms with E-state index in [4.69, 9.17) is 32.7 Å². The lowest BCUT2D eigenvalue weighted by Gasteiger charge is -2.42. The van der Waals surface area contributed by atoms with Gasteiger partial charge in [0, 0.05) is 38.0 Å². The van der Waals surface area contributed by atoms with Crippen LogP contribution in [0, 0.1) is 5.41 Å². The van der Waals surface area contributed by atoms with E-state index in [1.165, 1.54) is 0 Å². The van der Waals surface area contributed by atoms with Crippen LogP contribution >= 0.6 is 23.2 Å². The first kappa shape index (κ1) is 23.9. The maximum atomic E-state index is 13.1. The molecule has 8 heteroatoms. The molecule has 0 bridgehead atoms. The molecule has 33 heavy (non-hydrogen) atoms. The zero-order chi connectivity index (χ0) is 23.3. The molecule has 2 fully saturated rings. The lowest BCUT2D eigenvalue weighted by Crippen LogP contribution is -2.49. The number of rotatable bonds is 6. The second-order valence-electron chi connectivity index (χ2n) is 8.66. The molecule has 0 N–H and O–H groups in total. The van der Waals surface area contributed by atoms with E-state index in [0.29, 0.717) is 80.9 Å². The van der Waals surface area contributed by atoms with Crippen molar-refractivity contribution in [3.63, 3.8) is 0 Å². The van der Waals surface area contributed by atoms with Crippen molar-refractivity contribution in [1.82, 2.24) is 9.80 Å². The van der Waals surface area contributed by atoms with E-state index < -0.39 is 0 Å². The number of nitrogens with zero attached hydrogens (tertiary/aromatic N) is 2. The number of carbonyl (C=O) groups excluding carboxylic acids is 2. The summed E-state index contributed by atoms with van der Waals surface area (Å²) < 4.78 is 11.5. The molecule has 6 nitrogen and oxygen atoms in total. The van der Waals surface area contributed by atoms with Crippen molar-refractivity contribution in [2.45, 2.75) is 19.3 Å². The molecule has 0 aromatic heterocycles. The Kier molecular flexibility index (Phi) is 7.78. The molecule has 0 radical (unpaired) electrons. The highest BCUT2D eigenvalue weighted by molar-refractivity contribution is 6.39. The number of likely N-dealkylation sites (tertiary alicyclic amines) is 1. The molecule has 176 valence electrons. The molecule has 4 rings (SSSR count). The van der Waals surface area contributed by atoms with Crippen LogP contribution in [0.3, 0.4) is 0 Å². The lowest BCUT2D eigenvalue weighted by molar-refractivity contribution is -0.139. The quantitative estimate of drug-likeness (QED) is 0.596. The van der Waals surface area contributed by atoms with Gasteiger partial charge in [0.1, 0.15) is 5.75 Å². The highest BCUT2D eigenvalue weighted by atomic mass is 35.5. The molecule has 0 aliphatic carbocycles. The number of piperidine rings is 1. The van der Waals surface area contributed by atoms with E-state index >= 15 is 0 Å². The van der Waals surface area contributed by atoms with Gasteiger partial charge < -0.3 is 19.3 Å². The molecular weight excluding hydrogens is 463 g/mol. The maximum absolute atomic E-state index is 13.1. The first-order valence-corrected chi connectivity index (χ1v) is 12.0. The van der Waals surface area contributed by atoms with Gasteiger partial charge in [-0.25, -0.2) is 0 Å². The first-order valence-electron chi connectivity index (χ1n) is 11.2. The first-order chi connectivity index (χ1) is 16.0. The van der Waals surface area contributed by atoms with Crippen LogP contribution in [0.1, 0.15) is 29.6 Å². The lowest BCUT2D eigenvalue weighted by atomic mass is 9.75. The predicted molar refractivity (Wildman–Crippen MR) is 128 cm³/mol. The molecule has 2 aliphatic rings. The Morgan fingerprint density at radius 3 is 2.15 bits per heavy atom. The predicted octanol–water partition coefficient (Wildman–Crippen LogP) is 4.54. The van der Waals surface area contributed by atoms with Crippen LogP contribution in [-0.2, 0) is 9.53 Å². The van der Waals surface area contributed by atoms with Crippen molar-refractivity contribution in [1.29, 1.82) is 0 Å². The Morgan fingerprint density at radius 2 is 1.52 bits per heavy atom. The van der Waals surface area contributed by atoms with Gasteiger partial charge in [0.05, 0.1) is 35.4 Å². The minimum absolute atomic E-state index is 0.115. The third kappa shape index (κ3) is 5.81. The van der Waals surface area contributed by atoms with Crippen LogP contribution in [0.4, 0.5) is 0 Å². The fraction of sp³-hybridized carbons (Fsp3) is 0.440. The van der Waals surface area contributed by atoms with Crippen LogP contribution in [0.15, 0.2) is 48.5 Å². The molecule has 0 spiro atoms. The smallest absolute Gasteiger partial charge is 0.256 e. The summed E-state index contributed by atoms with van der Waals surface area (Å²) in [6, 6.07) is 14.7. The zero-order valence-corrected chi connectivity index (χ0v) is 20.0. The Hall–Kier alpha value is -2.28. The van der Waals surface area contributed by atoms with Crippen molar-refractivity contribution in [2.24, 2.45) is 5.41 Å². The molecular formula is C25H28Cl2N2O4. The van der Waals surface area contributed by atoms with E-state index in [1.54, 1.807) is 23.1 Å². The Morgan fingerprint density at radius 1 is 0.879 bits per heavy atom. The fourth-order valence-corrected chi connectivity index (χ4v) is 4.97. The van der Waals surface area contributed by atoms with Crippen molar-refractivity contribution in [3.8, 4) is 5.75 Å². The van der Waals surface area contributed by atoms with E-state index in [0.717, 1.165) is 5.75 Å². The van der Waals surface area contributed by atoms with Crippen LogP contribution in [-0.4, -0.2) is 67.6 Å². The summed E-state index contributed by atoms with van der Waals surface area (Å²) in [6.07, 6.45) is 1.70. The number of halogens is 2. The Bertz CT molecular complexity index is 951. The molecule has 2 amide bonds. The van der Waals surface area contributed by atoms with Crippen LogP contribution in [0.5, 0.6) is 5.75 Å². The van der Waals surface area contributed by atoms with Gasteiger partial charge in [-0.1, -0.05) is 47.5 Å². The van der Waals surface area contributed by atoms with Crippen LogP contribution in [0.25, 0.3) is 0 Å². The van der Waals surface area contributed by atoms with Crippen molar-refractivity contribution >= 4 is 35.0 Å². The van der Waals surface area contributed by atoms with Gasteiger partial charge in [0.25, 0.3) is 5.91 Å². The van der Waals surface area contributed by atoms with Gasteiger partial charge in [-0.05, 0) is 37.1 Å². The molecule has 2 aromatic carbocycles. The summed E-state index contributed by atoms with van der Waals surface area (Å²) in [4.78, 5) is 29.9. The second-order valence-corrected chi connectivity index (χ2v) is 9.47. The number of hydrogen-bond donors (Lipinski definition) is 0. The summed E-state index contributed by atoms with van der Waals surface area (Å²) in [7, 11) is 0. The highest BCUT2D eigenvalue weighted by Gasteiger charge is 2.40. The number of morpholine rings is 1. The fourth-order valence-electron chi connectivity index (χ4n) is 4.42. The summed E-state index contributed by atoms with van der Waals surface area (Å²) in [5, 5.41) is 0.693. The van der Waals surface area contributed by atoms with Gasteiger partial charge >= 0.3 is 0 Å². The van der Waals surface area contributed by atoms with Crippen molar-refractivity contribution < 1.29 is 19.1 Å². The number of amides is 2. The third-order valence-corrected chi connectivity index (χ3v) is 7.10. The van der Waals surface area contributed by atoms with Gasteiger partial charge in [0.2, 0.25) is 5.91 Å². The van der Waals surface area contributed by atoms with Gasteiger partial charge in [0.15, 0.2) is 0 Å². The van der Waals surface area contributed by atoms with Crippen LogP contribution < -0.4 is 4.74 Å². The average molecular weight is 491 g/mol. The molecule has 2 aliphatic heterocycles. The zero-order valence-electron chi connectivity index (χ0n) is 18.5. The Balaban J connectivity index is 1.47. The van der Waals surface area contributed by atoms with Gasteiger partial charge in [-0.3, -0.25) is 9.59 Å². The number of hydrogen-bond acceptors (Lipinski definition) is 4. The van der Waals surface area contributed by atoms with E-state index in [1.807, 2.05) is 35.2 Å². The minimum Gasteiger partial charge on any atom is -0.493 e. The van der Waals surface area contributed by atoms with E-state index in [-0.39, 0.29) is 17.2 Å². The number of ether oxygens (including phenoxy) is 2. The Labute approximate surface area is 204 Å². The summed E-state index contributed by atoms with van der Waals surface area (Å²) in [5.41, 5.74) is -0.0232. The van der Waals surface area contributed by atoms with E-state index in [2.05, 4.69) is 0 Å². The van der Waals surface area contributed by atoms with Crippen molar-refractivity contribution in [3.05, 3.63) is 64.1 Å². The number of para-hydroxylation sites is 1. The highest BCUT2D eigenvalue weighted by Crippen LogP contribution is 2.38. The average Bonchev–Trinajstić information content (AvgIpc) is 2.84. The van der Waals surface area contributed by atoms with Crippen LogP contribution in [0.2, 0.25) is 10.0 Å². The SMILES string of the molecule is O=C(CC1(COc2ccccc2)CCN(C(=O)c2c(Cl)cccc2Cl)CC1)N1CCOCC1. The summed E-state index contributed by atoms with van der Waals surface area (Å²) in [6.45, 7) is 3.81. The molecule has 2 heterocycles. The molecule has 2 aromatic rings. The minimum atomic E-state index is -0.355. The molecule has 0 unspecified atom stereocenters. The van der Waals surface area contributed by atoms with Gasteiger partial charge in [-0.2, -0.15) is 0 Å². The topological polar surface area (TPSA) is 59.1 Å². The molecule has 0 saturated carbocycles. The molecule has 2 saturated heterocycles. The summed E-state index contributed by atoms with van der Waals surface area (Å²) in [5.74, 6) is 0.712. The largest absolute Gasteiger partial charge is 0.493 e. The number of carbonyl (C=O) groups is 2. The summed E-state index contributed by atoms with van der Waals surface area (Å²) >= 11 is 12.5. The normalized spacial score (nSPS) is 18.1. The van der Waals surface area contributed by atoms with Gasteiger partial charge in [-0.15, -0.1) is 0 Å². The van der Waals surface area contributed by atoms with E-state index in [9.17, 15) is 9.59 Å². The van der Waals surface area contributed by atoms with Crippen molar-refractivity contribution in [2.75, 3.05) is 46.0 Å².